The summed E-state index contributed by atoms with van der Waals surface area (Å²) < 4.78 is 0. The normalized spacial score (nSPS) is 15.2. The molecule has 0 radical (unpaired) electrons. The van der Waals surface area contributed by atoms with E-state index in [0.717, 1.165) is 37.0 Å². The molecule has 2 aliphatic rings. The van der Waals surface area contributed by atoms with E-state index in [1.165, 1.54) is 48.2 Å². The van der Waals surface area contributed by atoms with Crippen LogP contribution in [0.1, 0.15) is 83.5 Å². The molecule has 1 aromatic heterocycles. The molecule has 64 heavy (non-hydrogen) atoms. The summed E-state index contributed by atoms with van der Waals surface area (Å²) in [4.78, 5) is 51.8. The average molecular weight is 879 g/mol. The van der Waals surface area contributed by atoms with Crippen LogP contribution >= 0.6 is 0 Å². The van der Waals surface area contributed by atoms with Crippen molar-refractivity contribution in [1.82, 2.24) is 20.1 Å². The highest BCUT2D eigenvalue weighted by Crippen LogP contribution is 2.37. The van der Waals surface area contributed by atoms with Gasteiger partial charge in [-0.25, -0.2) is 0 Å². The number of aromatic hydroxyl groups is 1. The standard InChI is InChI=1S/C33H43N5O5.C13H13N.2C2H6.CH2O2/c1-37(32(43)15-17-38-20-23-4-2-5-24(23)21-38)16-3-6-30(41)35-25-9-7-22(8-10-25)18-34-19-29(40)26-11-13-28(39)33-27(26)12-14-31(42)36-33;1-14-13-10-6-5-9-12(13)11-7-3-2-4-8-11;2*1-2;2-1-3/h7-14,23-24,29,34,39-40H,2-6,15-21H2,1H3,(H,35,41)(H,36,42);2-10,14H,1H3;2*1-2H3;1H,(H,2,3). The van der Waals surface area contributed by atoms with Gasteiger partial charge in [0.05, 0.1) is 11.6 Å². The van der Waals surface area contributed by atoms with Gasteiger partial charge in [-0.05, 0) is 78.1 Å². The predicted octanol–water partition coefficient (Wildman–Crippen LogP) is 8.50. The van der Waals surface area contributed by atoms with Crippen LogP contribution in [0.2, 0.25) is 0 Å². The van der Waals surface area contributed by atoms with E-state index in [1.807, 2.05) is 78.2 Å². The molecule has 0 spiro atoms. The molecule has 3 unspecified atom stereocenters. The quantitative estimate of drug-likeness (QED) is 0.0503. The number of hydrogen-bond acceptors (Lipinski definition) is 9. The highest BCUT2D eigenvalue weighted by atomic mass is 16.3. The fourth-order valence-electron chi connectivity index (χ4n) is 8.07. The number of benzene rings is 4. The number of fused-ring (bicyclic) bond motifs is 2. The fourth-order valence-corrected chi connectivity index (χ4v) is 8.07. The second kappa shape index (κ2) is 28.6. The first-order valence-corrected chi connectivity index (χ1v) is 22.6. The number of carbonyl (C=O) groups excluding carboxylic acids is 2. The number of pyridine rings is 1. The lowest BCUT2D eigenvalue weighted by atomic mass is 10.0. The molecule has 3 atom stereocenters. The van der Waals surface area contributed by atoms with Crippen molar-refractivity contribution in [1.29, 1.82) is 0 Å². The first kappa shape index (κ1) is 52.3. The maximum Gasteiger partial charge on any atom is 0.290 e. The summed E-state index contributed by atoms with van der Waals surface area (Å²) in [6.45, 7) is 12.2. The van der Waals surface area contributed by atoms with Crippen molar-refractivity contribution >= 4 is 40.6 Å². The molecule has 346 valence electrons. The number of aliphatic hydroxyl groups is 1. The number of phenolic OH excluding ortho intramolecular Hbond substituents is 1. The monoisotopic (exact) mass is 879 g/mol. The predicted molar refractivity (Wildman–Crippen MR) is 260 cm³/mol. The van der Waals surface area contributed by atoms with Crippen LogP contribution in [0, 0.1) is 11.8 Å². The number of anilines is 2. The first-order valence-electron chi connectivity index (χ1n) is 22.6. The molecule has 7 N–H and O–H groups in total. The van der Waals surface area contributed by atoms with Crippen LogP contribution in [0.15, 0.2) is 108 Å². The van der Waals surface area contributed by atoms with Gasteiger partial charge in [-0.3, -0.25) is 19.2 Å². The van der Waals surface area contributed by atoms with Gasteiger partial charge < -0.3 is 46.1 Å². The van der Waals surface area contributed by atoms with Crippen LogP contribution < -0.4 is 21.5 Å². The van der Waals surface area contributed by atoms with Gasteiger partial charge in [0.1, 0.15) is 5.75 Å². The van der Waals surface area contributed by atoms with Crippen LogP contribution in [0.5, 0.6) is 5.75 Å². The van der Waals surface area contributed by atoms with E-state index in [-0.39, 0.29) is 36.1 Å². The molecule has 2 heterocycles. The van der Waals surface area contributed by atoms with Gasteiger partial charge >= 0.3 is 0 Å². The number of rotatable bonds is 15. The minimum absolute atomic E-state index is 0.0454. The number of amides is 2. The summed E-state index contributed by atoms with van der Waals surface area (Å²) in [6.07, 6.45) is 4.70. The summed E-state index contributed by atoms with van der Waals surface area (Å²) in [6, 6.07) is 32.3. The van der Waals surface area contributed by atoms with Crippen molar-refractivity contribution < 1.29 is 29.7 Å². The third-order valence-electron chi connectivity index (χ3n) is 11.2. The Bertz CT molecular complexity index is 2190. The molecule has 2 fully saturated rings. The summed E-state index contributed by atoms with van der Waals surface area (Å²) in [7, 11) is 3.77. The number of para-hydroxylation sites is 1. The van der Waals surface area contributed by atoms with Crippen LogP contribution in [0.25, 0.3) is 22.0 Å². The van der Waals surface area contributed by atoms with Gasteiger partial charge in [-0.15, -0.1) is 0 Å². The van der Waals surface area contributed by atoms with Crippen LogP contribution in [-0.2, 0) is 20.9 Å². The maximum absolute atomic E-state index is 12.6. The smallest absolute Gasteiger partial charge is 0.290 e. The fraction of sp³-hybridized carbons (Fsp3) is 0.412. The summed E-state index contributed by atoms with van der Waals surface area (Å²) in [5, 5.41) is 37.6. The largest absolute Gasteiger partial charge is 0.506 e. The van der Waals surface area contributed by atoms with Gasteiger partial charge in [0.15, 0.2) is 0 Å². The number of likely N-dealkylation sites (tertiary alicyclic amines) is 1. The van der Waals surface area contributed by atoms with Gasteiger partial charge in [-0.1, -0.05) is 101 Å². The number of nitrogens with zero attached hydrogens (tertiary/aromatic N) is 2. The van der Waals surface area contributed by atoms with E-state index in [9.17, 15) is 24.6 Å². The van der Waals surface area contributed by atoms with E-state index in [0.29, 0.717) is 54.5 Å². The Labute approximate surface area is 378 Å². The maximum atomic E-state index is 12.6. The molecular formula is C51H70N6O7. The zero-order valence-corrected chi connectivity index (χ0v) is 38.5. The van der Waals surface area contributed by atoms with Crippen LogP contribution in [0.4, 0.5) is 11.4 Å². The molecule has 1 aliphatic carbocycles. The molecule has 13 nitrogen and oxygen atoms in total. The lowest BCUT2D eigenvalue weighted by Crippen LogP contribution is -2.32. The first-order chi connectivity index (χ1) is 31.1. The Balaban J connectivity index is 0.000000430. The van der Waals surface area contributed by atoms with Crippen LogP contribution in [-0.4, -0.2) is 95.2 Å². The van der Waals surface area contributed by atoms with Crippen molar-refractivity contribution in [3.05, 3.63) is 125 Å². The van der Waals surface area contributed by atoms with Gasteiger partial charge in [-0.2, -0.15) is 0 Å². The number of hydrogen-bond donors (Lipinski definition) is 7. The zero-order valence-electron chi connectivity index (χ0n) is 38.5. The van der Waals surface area contributed by atoms with Crippen LogP contribution in [0.3, 0.4) is 0 Å². The van der Waals surface area contributed by atoms with Crippen molar-refractivity contribution in [2.45, 2.75) is 78.9 Å². The lowest BCUT2D eigenvalue weighted by Gasteiger charge is -2.20. The summed E-state index contributed by atoms with van der Waals surface area (Å²) in [5.41, 5.74) is 5.94. The molecule has 5 aromatic rings. The van der Waals surface area contributed by atoms with E-state index >= 15 is 0 Å². The lowest BCUT2D eigenvalue weighted by molar-refractivity contribution is -0.130. The number of carboxylic acid groups (broad SMARTS) is 1. The van der Waals surface area contributed by atoms with Crippen molar-refractivity contribution in [2.24, 2.45) is 11.8 Å². The molecule has 1 saturated heterocycles. The highest BCUT2D eigenvalue weighted by Gasteiger charge is 2.35. The molecule has 4 aromatic carbocycles. The zero-order chi connectivity index (χ0) is 46.9. The number of nitrogens with one attached hydrogen (secondary N) is 4. The second-order valence-corrected chi connectivity index (χ2v) is 15.3. The van der Waals surface area contributed by atoms with E-state index in [2.05, 4.69) is 68.3 Å². The molecule has 1 aliphatic heterocycles. The minimum Gasteiger partial charge on any atom is -0.506 e. The second-order valence-electron chi connectivity index (χ2n) is 15.3. The molecule has 2 amide bonds. The average Bonchev–Trinajstić information content (AvgIpc) is 3.94. The summed E-state index contributed by atoms with van der Waals surface area (Å²) >= 11 is 0. The number of aromatic amines is 1. The van der Waals surface area contributed by atoms with E-state index in [4.69, 9.17) is 9.90 Å². The number of carbonyl (C=O) groups is 3. The minimum atomic E-state index is -0.841. The van der Waals surface area contributed by atoms with Crippen molar-refractivity contribution in [2.75, 3.05) is 57.5 Å². The molecule has 1 saturated carbocycles. The van der Waals surface area contributed by atoms with E-state index in [1.54, 1.807) is 17.0 Å². The van der Waals surface area contributed by atoms with Crippen molar-refractivity contribution in [3.63, 3.8) is 0 Å². The Morgan fingerprint density at radius 3 is 2.17 bits per heavy atom. The van der Waals surface area contributed by atoms with Gasteiger partial charge in [0.25, 0.3) is 6.47 Å². The Hall–Kier alpha value is -6.02. The van der Waals surface area contributed by atoms with Crippen molar-refractivity contribution in [3.8, 4) is 16.9 Å². The van der Waals surface area contributed by atoms with E-state index < -0.39 is 6.10 Å². The number of H-pyrrole nitrogens is 1. The molecule has 7 rings (SSSR count). The Morgan fingerprint density at radius 2 is 1.52 bits per heavy atom. The SMILES string of the molecule is CC.CC.CN(CCCC(=O)Nc1ccc(CNCC(O)c2ccc(O)c3[nH]c(=O)ccc23)cc1)C(=O)CCN1CC2CCCC2C1.CNc1ccccc1-c1ccccc1.O=CO. The number of aromatic nitrogens is 1. The Morgan fingerprint density at radius 1 is 0.875 bits per heavy atom. The summed E-state index contributed by atoms with van der Waals surface area (Å²) in [5.74, 6) is 1.69. The Kier molecular flexibility index (Phi) is 23.4. The molecule has 13 heteroatoms. The number of aliphatic hydroxyl groups excluding tert-OH is 1. The topological polar surface area (TPSA) is 187 Å². The molecule has 0 bridgehead atoms. The third kappa shape index (κ3) is 16.3. The third-order valence-corrected chi connectivity index (χ3v) is 11.2. The van der Waals surface area contributed by atoms with Gasteiger partial charge in [0, 0.05) is 94.6 Å². The number of phenols is 1. The highest BCUT2D eigenvalue weighted by molar-refractivity contribution is 5.90. The van der Waals surface area contributed by atoms with Gasteiger partial charge in [0.2, 0.25) is 17.4 Å². The molecular weight excluding hydrogens is 809 g/mol.